The predicted molar refractivity (Wildman–Crippen MR) is 60.1 cm³/mol. The maximum Gasteiger partial charge on any atom is 0.407 e. The number of carbonyl (C=O) groups excluding carboxylic acids is 1. The van der Waals surface area contributed by atoms with Crippen molar-refractivity contribution in [3.8, 4) is 0 Å². The second-order valence-electron chi connectivity index (χ2n) is 6.04. The van der Waals surface area contributed by atoms with Crippen molar-refractivity contribution < 1.29 is 14.6 Å². The van der Waals surface area contributed by atoms with Crippen LogP contribution in [-0.4, -0.2) is 28.9 Å². The fraction of sp³-hybridized carbons (Fsp3) is 0.917. The van der Waals surface area contributed by atoms with E-state index in [1.807, 2.05) is 20.8 Å². The molecule has 4 nitrogen and oxygen atoms in total. The van der Waals surface area contributed by atoms with E-state index < -0.39 is 5.60 Å². The summed E-state index contributed by atoms with van der Waals surface area (Å²) in [5.74, 6) is 0. The van der Waals surface area contributed by atoms with Gasteiger partial charge in [0.15, 0.2) is 0 Å². The number of amides is 1. The number of aliphatic hydroxyl groups excluding tert-OH is 1. The Morgan fingerprint density at radius 3 is 2.44 bits per heavy atom. The van der Waals surface area contributed by atoms with Gasteiger partial charge >= 0.3 is 6.09 Å². The van der Waals surface area contributed by atoms with E-state index in [2.05, 4.69) is 5.32 Å². The molecule has 0 radical (unpaired) electrons. The number of carbonyl (C=O) groups is 1. The molecule has 16 heavy (non-hydrogen) atoms. The van der Waals surface area contributed by atoms with Gasteiger partial charge in [-0.05, 0) is 40.0 Å². The minimum Gasteiger partial charge on any atom is -0.444 e. The van der Waals surface area contributed by atoms with Gasteiger partial charge in [-0.1, -0.05) is 6.42 Å². The van der Waals surface area contributed by atoms with Gasteiger partial charge in [-0.15, -0.1) is 0 Å². The van der Waals surface area contributed by atoms with Gasteiger partial charge in [0, 0.05) is 11.5 Å². The minimum atomic E-state index is -0.459. The van der Waals surface area contributed by atoms with Crippen LogP contribution < -0.4 is 5.32 Å². The molecular weight excluding hydrogens is 206 g/mol. The molecule has 2 aliphatic carbocycles. The van der Waals surface area contributed by atoms with Crippen LogP contribution in [0.4, 0.5) is 4.79 Å². The minimum absolute atomic E-state index is 0.0308. The summed E-state index contributed by atoms with van der Waals surface area (Å²) in [4.78, 5) is 11.6. The Labute approximate surface area is 96.4 Å². The Bertz CT molecular complexity index is 291. The summed E-state index contributed by atoms with van der Waals surface area (Å²) in [6.07, 6.45) is 3.27. The lowest BCUT2D eigenvalue weighted by Gasteiger charge is -2.59. The summed E-state index contributed by atoms with van der Waals surface area (Å²) in [5, 5.41) is 12.6. The van der Waals surface area contributed by atoms with Crippen molar-refractivity contribution in [2.75, 3.05) is 0 Å². The van der Waals surface area contributed by atoms with Crippen molar-refractivity contribution >= 4 is 6.09 Å². The van der Waals surface area contributed by atoms with E-state index in [4.69, 9.17) is 4.74 Å². The van der Waals surface area contributed by atoms with Crippen LogP contribution in [0.3, 0.4) is 0 Å². The van der Waals surface area contributed by atoms with E-state index in [-0.39, 0.29) is 23.7 Å². The molecule has 2 N–H and O–H groups in total. The molecule has 0 aliphatic heterocycles. The van der Waals surface area contributed by atoms with Crippen LogP contribution in [-0.2, 0) is 4.74 Å². The summed E-state index contributed by atoms with van der Waals surface area (Å²) < 4.78 is 5.21. The molecule has 1 spiro atoms. The summed E-state index contributed by atoms with van der Waals surface area (Å²) in [5.41, 5.74) is -0.490. The number of aliphatic hydroxyl groups is 1. The van der Waals surface area contributed by atoms with Crippen LogP contribution in [0.25, 0.3) is 0 Å². The maximum atomic E-state index is 11.6. The maximum absolute atomic E-state index is 11.6. The predicted octanol–water partition coefficient (Wildman–Crippen LogP) is 1.81. The van der Waals surface area contributed by atoms with E-state index in [0.29, 0.717) is 6.42 Å². The molecule has 2 rings (SSSR count). The standard InChI is InChI=1S/C12H21NO3/c1-11(2,3)16-10(15)13-8-7-9(14)12(8)5-4-6-12/h8-9,14H,4-7H2,1-3H3,(H,13,15). The van der Waals surface area contributed by atoms with E-state index in [9.17, 15) is 9.90 Å². The van der Waals surface area contributed by atoms with Crippen molar-refractivity contribution in [3.05, 3.63) is 0 Å². The molecule has 92 valence electrons. The lowest BCUT2D eigenvalue weighted by atomic mass is 9.51. The molecule has 0 aromatic heterocycles. The van der Waals surface area contributed by atoms with Gasteiger partial charge < -0.3 is 15.2 Å². The molecule has 1 amide bonds. The number of hydrogen-bond acceptors (Lipinski definition) is 3. The van der Waals surface area contributed by atoms with Crippen molar-refractivity contribution in [1.29, 1.82) is 0 Å². The fourth-order valence-electron chi connectivity index (χ4n) is 2.68. The zero-order chi connectivity index (χ0) is 12.0. The van der Waals surface area contributed by atoms with Crippen LogP contribution in [0, 0.1) is 5.41 Å². The lowest BCUT2D eigenvalue weighted by Crippen LogP contribution is -2.67. The normalized spacial score (nSPS) is 31.5. The third kappa shape index (κ3) is 1.90. The highest BCUT2D eigenvalue weighted by Gasteiger charge is 2.58. The summed E-state index contributed by atoms with van der Waals surface area (Å²) >= 11 is 0. The quantitative estimate of drug-likeness (QED) is 0.718. The SMILES string of the molecule is CC(C)(C)OC(=O)NC1CC(O)C12CCC2. The topological polar surface area (TPSA) is 58.6 Å². The first-order valence-electron chi connectivity index (χ1n) is 6.01. The van der Waals surface area contributed by atoms with E-state index >= 15 is 0 Å². The molecule has 2 aliphatic rings. The average Bonchev–Trinajstić information content (AvgIpc) is 1.95. The number of hydrogen-bond donors (Lipinski definition) is 2. The summed E-state index contributed by atoms with van der Waals surface area (Å²) in [7, 11) is 0. The first kappa shape index (κ1) is 11.7. The molecule has 2 fully saturated rings. The van der Waals surface area contributed by atoms with Crippen LogP contribution in [0.15, 0.2) is 0 Å². The van der Waals surface area contributed by atoms with E-state index in [1.165, 1.54) is 0 Å². The number of alkyl carbamates (subject to hydrolysis) is 1. The Morgan fingerprint density at radius 2 is 2.06 bits per heavy atom. The Kier molecular flexibility index (Phi) is 2.65. The summed E-state index contributed by atoms with van der Waals surface area (Å²) in [6, 6.07) is 0.103. The second kappa shape index (κ2) is 3.62. The molecule has 2 saturated carbocycles. The number of nitrogens with one attached hydrogen (secondary N) is 1. The Balaban J connectivity index is 1.85. The van der Waals surface area contributed by atoms with Gasteiger partial charge in [0.1, 0.15) is 5.60 Å². The Morgan fingerprint density at radius 1 is 1.44 bits per heavy atom. The van der Waals surface area contributed by atoms with Crippen molar-refractivity contribution in [3.63, 3.8) is 0 Å². The van der Waals surface area contributed by atoms with Crippen LogP contribution >= 0.6 is 0 Å². The molecule has 0 aromatic carbocycles. The first-order chi connectivity index (χ1) is 7.33. The van der Waals surface area contributed by atoms with Crippen molar-refractivity contribution in [1.82, 2.24) is 5.32 Å². The van der Waals surface area contributed by atoms with Gasteiger partial charge in [-0.2, -0.15) is 0 Å². The van der Waals surface area contributed by atoms with Crippen LogP contribution in [0.2, 0.25) is 0 Å². The van der Waals surface area contributed by atoms with E-state index in [0.717, 1.165) is 19.3 Å². The highest BCUT2D eigenvalue weighted by molar-refractivity contribution is 5.68. The van der Waals surface area contributed by atoms with Gasteiger partial charge in [-0.3, -0.25) is 0 Å². The molecule has 0 heterocycles. The second-order valence-corrected chi connectivity index (χ2v) is 6.04. The highest BCUT2D eigenvalue weighted by Crippen LogP contribution is 2.55. The van der Waals surface area contributed by atoms with E-state index in [1.54, 1.807) is 0 Å². The molecule has 2 atom stereocenters. The third-order valence-electron chi connectivity index (χ3n) is 3.79. The van der Waals surface area contributed by atoms with Crippen LogP contribution in [0.5, 0.6) is 0 Å². The van der Waals surface area contributed by atoms with Gasteiger partial charge in [0.05, 0.1) is 6.10 Å². The molecular formula is C12H21NO3. The van der Waals surface area contributed by atoms with Gasteiger partial charge in [0.25, 0.3) is 0 Å². The smallest absolute Gasteiger partial charge is 0.407 e. The number of rotatable bonds is 1. The van der Waals surface area contributed by atoms with Crippen molar-refractivity contribution in [2.24, 2.45) is 5.41 Å². The zero-order valence-corrected chi connectivity index (χ0v) is 10.2. The number of ether oxygens (including phenoxy) is 1. The monoisotopic (exact) mass is 227 g/mol. The molecule has 0 bridgehead atoms. The highest BCUT2D eigenvalue weighted by atomic mass is 16.6. The largest absolute Gasteiger partial charge is 0.444 e. The Hall–Kier alpha value is -0.770. The first-order valence-corrected chi connectivity index (χ1v) is 6.01. The molecule has 0 saturated heterocycles. The van der Waals surface area contributed by atoms with Crippen LogP contribution in [0.1, 0.15) is 46.5 Å². The third-order valence-corrected chi connectivity index (χ3v) is 3.79. The van der Waals surface area contributed by atoms with Gasteiger partial charge in [0.2, 0.25) is 0 Å². The van der Waals surface area contributed by atoms with Gasteiger partial charge in [-0.25, -0.2) is 4.79 Å². The summed E-state index contributed by atoms with van der Waals surface area (Å²) in [6.45, 7) is 5.55. The molecule has 4 heteroatoms. The van der Waals surface area contributed by atoms with Crippen molar-refractivity contribution in [2.45, 2.75) is 64.2 Å². The average molecular weight is 227 g/mol. The molecule has 0 aromatic rings. The lowest BCUT2D eigenvalue weighted by molar-refractivity contribution is -0.143. The molecule has 2 unspecified atom stereocenters. The zero-order valence-electron chi connectivity index (χ0n) is 10.2. The fourth-order valence-corrected chi connectivity index (χ4v) is 2.68.